The molecule has 2 nitrogen and oxygen atoms in total. The molecule has 0 radical (unpaired) electrons. The van der Waals surface area contributed by atoms with Crippen LogP contribution in [0.5, 0.6) is 0 Å². The van der Waals surface area contributed by atoms with Gasteiger partial charge >= 0.3 is 0 Å². The Morgan fingerprint density at radius 3 is 1.83 bits per heavy atom. The van der Waals surface area contributed by atoms with Crippen LogP contribution in [-0.2, 0) is 9.84 Å². The highest BCUT2D eigenvalue weighted by molar-refractivity contribution is 7.91. The number of sulfone groups is 1. The van der Waals surface area contributed by atoms with Crippen molar-refractivity contribution in [3.05, 3.63) is 101 Å². The summed E-state index contributed by atoms with van der Waals surface area (Å²) in [6.45, 7) is 6.64. The number of rotatable bonds is 12. The Morgan fingerprint density at radius 1 is 0.657 bits per heavy atom. The van der Waals surface area contributed by atoms with E-state index in [9.17, 15) is 8.42 Å². The molecule has 0 saturated heterocycles. The third kappa shape index (κ3) is 8.99. The van der Waals surface area contributed by atoms with E-state index in [1.807, 2.05) is 103 Å². The van der Waals surface area contributed by atoms with Crippen molar-refractivity contribution in [2.24, 2.45) is 11.8 Å². The third-order valence-corrected chi connectivity index (χ3v) is 8.05. The molecule has 0 N–H and O–H groups in total. The Morgan fingerprint density at radius 2 is 1.23 bits per heavy atom. The predicted molar refractivity (Wildman–Crippen MR) is 152 cm³/mol. The number of hydrogen-bond donors (Lipinski definition) is 0. The Hall–Kier alpha value is -2.91. The van der Waals surface area contributed by atoms with Crippen LogP contribution < -0.4 is 0 Å². The molecule has 0 aromatic heterocycles. The lowest BCUT2D eigenvalue weighted by atomic mass is 9.98. The van der Waals surface area contributed by atoms with Gasteiger partial charge < -0.3 is 0 Å². The Kier molecular flexibility index (Phi) is 10.1. The molecular weight excluding hydrogens is 448 g/mol. The molecule has 3 aromatic rings. The highest BCUT2D eigenvalue weighted by Crippen LogP contribution is 2.25. The first kappa shape index (κ1) is 26.7. The molecule has 0 heterocycles. The molecule has 0 spiro atoms. The van der Waals surface area contributed by atoms with E-state index in [2.05, 4.69) is 20.8 Å². The summed E-state index contributed by atoms with van der Waals surface area (Å²) in [4.78, 5) is 0.411. The van der Waals surface area contributed by atoms with Gasteiger partial charge in [0.1, 0.15) is 0 Å². The van der Waals surface area contributed by atoms with Crippen molar-refractivity contribution in [2.75, 3.05) is 5.75 Å². The maximum atomic E-state index is 13.5. The van der Waals surface area contributed by atoms with Gasteiger partial charge in [-0.1, -0.05) is 137 Å². The van der Waals surface area contributed by atoms with Gasteiger partial charge in [-0.15, -0.1) is 0 Å². The van der Waals surface area contributed by atoms with E-state index in [0.29, 0.717) is 23.2 Å². The molecule has 0 aliphatic carbocycles. The fraction of sp³-hybridized carbons (Fsp3) is 0.312. The predicted octanol–water partition coefficient (Wildman–Crippen LogP) is 8.65. The summed E-state index contributed by atoms with van der Waals surface area (Å²) in [6.07, 6.45) is 12.0. The van der Waals surface area contributed by atoms with Gasteiger partial charge in [-0.05, 0) is 46.6 Å². The topological polar surface area (TPSA) is 34.1 Å². The van der Waals surface area contributed by atoms with Crippen molar-refractivity contribution in [1.29, 1.82) is 0 Å². The molecule has 0 saturated carbocycles. The minimum atomic E-state index is -3.42. The quantitative estimate of drug-likeness (QED) is 0.240. The van der Waals surface area contributed by atoms with Crippen LogP contribution in [0, 0.1) is 11.8 Å². The van der Waals surface area contributed by atoms with Crippen LogP contribution in [0.25, 0.3) is 24.3 Å². The largest absolute Gasteiger partial charge is 0.224 e. The van der Waals surface area contributed by atoms with Crippen LogP contribution in [0.1, 0.15) is 68.7 Å². The van der Waals surface area contributed by atoms with Crippen molar-refractivity contribution in [1.82, 2.24) is 0 Å². The van der Waals surface area contributed by atoms with E-state index in [0.717, 1.165) is 35.1 Å². The average Bonchev–Trinajstić information content (AvgIpc) is 2.86. The molecule has 184 valence electrons. The Labute approximate surface area is 212 Å². The van der Waals surface area contributed by atoms with E-state index in [-0.39, 0.29) is 5.75 Å². The zero-order valence-electron chi connectivity index (χ0n) is 21.2. The lowest BCUT2D eigenvalue weighted by molar-refractivity contribution is 0.448. The molecule has 3 aromatic carbocycles. The summed E-state index contributed by atoms with van der Waals surface area (Å²) in [7, 11) is -3.42. The monoisotopic (exact) mass is 486 g/mol. The third-order valence-electron chi connectivity index (χ3n) is 6.25. The van der Waals surface area contributed by atoms with E-state index < -0.39 is 9.84 Å². The normalized spacial score (nSPS) is 13.1. The van der Waals surface area contributed by atoms with Gasteiger partial charge in [0.25, 0.3) is 0 Å². The van der Waals surface area contributed by atoms with Gasteiger partial charge in [0.05, 0.1) is 10.6 Å². The standard InChI is InChI=1S/C32H38O2S/c1-26(2)11-10-12-27(3)23-24-35(33,34)32-25-30(18-17-28-13-6-4-7-14-28)20-22-31(32)21-19-29-15-8-5-9-16-29/h4-9,13-22,25-27H,10-12,23-24H2,1-3H3/b18-17+,21-19+. The van der Waals surface area contributed by atoms with Crippen LogP contribution in [-0.4, -0.2) is 14.2 Å². The van der Waals surface area contributed by atoms with Crippen LogP contribution in [0.3, 0.4) is 0 Å². The van der Waals surface area contributed by atoms with E-state index in [4.69, 9.17) is 0 Å². The van der Waals surface area contributed by atoms with E-state index in [1.165, 1.54) is 6.42 Å². The SMILES string of the molecule is CC(C)CCCC(C)CCS(=O)(=O)c1cc(/C=C/c2ccccc2)ccc1/C=C/c1ccccc1. The zero-order valence-corrected chi connectivity index (χ0v) is 22.0. The van der Waals surface area contributed by atoms with Gasteiger partial charge in [-0.25, -0.2) is 8.42 Å². The first-order chi connectivity index (χ1) is 16.8. The second kappa shape index (κ2) is 13.3. The van der Waals surface area contributed by atoms with Crippen molar-refractivity contribution >= 4 is 34.1 Å². The van der Waals surface area contributed by atoms with Crippen molar-refractivity contribution in [3.8, 4) is 0 Å². The van der Waals surface area contributed by atoms with Gasteiger partial charge in [-0.3, -0.25) is 0 Å². The number of hydrogen-bond acceptors (Lipinski definition) is 2. The van der Waals surface area contributed by atoms with Crippen LogP contribution in [0.4, 0.5) is 0 Å². The Balaban J connectivity index is 1.84. The molecule has 3 rings (SSSR count). The summed E-state index contributed by atoms with van der Waals surface area (Å²) in [5, 5.41) is 0. The first-order valence-electron chi connectivity index (χ1n) is 12.7. The van der Waals surface area contributed by atoms with Gasteiger partial charge in [0.15, 0.2) is 9.84 Å². The first-order valence-corrected chi connectivity index (χ1v) is 14.3. The maximum absolute atomic E-state index is 13.5. The fourth-order valence-corrected chi connectivity index (χ4v) is 5.80. The minimum Gasteiger partial charge on any atom is -0.224 e. The maximum Gasteiger partial charge on any atom is 0.179 e. The molecule has 0 bridgehead atoms. The molecule has 0 amide bonds. The molecule has 1 unspecified atom stereocenters. The molecule has 3 heteroatoms. The van der Waals surface area contributed by atoms with Gasteiger partial charge in [-0.2, -0.15) is 0 Å². The Bertz CT molecular complexity index is 1210. The summed E-state index contributed by atoms with van der Waals surface area (Å²) < 4.78 is 27.0. The van der Waals surface area contributed by atoms with Crippen LogP contribution >= 0.6 is 0 Å². The summed E-state index contributed by atoms with van der Waals surface area (Å²) >= 11 is 0. The molecule has 0 aliphatic heterocycles. The average molecular weight is 487 g/mol. The summed E-state index contributed by atoms with van der Waals surface area (Å²) in [6, 6.07) is 25.7. The summed E-state index contributed by atoms with van der Waals surface area (Å²) in [5.74, 6) is 1.26. The highest BCUT2D eigenvalue weighted by Gasteiger charge is 2.19. The molecule has 0 fully saturated rings. The van der Waals surface area contributed by atoms with Gasteiger partial charge in [0.2, 0.25) is 0 Å². The lowest BCUT2D eigenvalue weighted by Crippen LogP contribution is -2.12. The molecule has 0 aliphatic rings. The fourth-order valence-electron chi connectivity index (χ4n) is 4.05. The molecule has 1 atom stereocenters. The van der Waals surface area contributed by atoms with Crippen molar-refractivity contribution in [2.45, 2.75) is 51.3 Å². The van der Waals surface area contributed by atoms with E-state index in [1.54, 1.807) is 0 Å². The van der Waals surface area contributed by atoms with Crippen molar-refractivity contribution < 1.29 is 8.42 Å². The molecular formula is C32H38O2S. The zero-order chi connectivity index (χ0) is 25.1. The van der Waals surface area contributed by atoms with Gasteiger partial charge in [0, 0.05) is 0 Å². The smallest absolute Gasteiger partial charge is 0.179 e. The van der Waals surface area contributed by atoms with E-state index >= 15 is 0 Å². The van der Waals surface area contributed by atoms with Crippen LogP contribution in [0.15, 0.2) is 83.8 Å². The highest BCUT2D eigenvalue weighted by atomic mass is 32.2. The minimum absolute atomic E-state index is 0.174. The van der Waals surface area contributed by atoms with Crippen molar-refractivity contribution in [3.63, 3.8) is 0 Å². The molecule has 35 heavy (non-hydrogen) atoms. The summed E-state index contributed by atoms with van der Waals surface area (Å²) in [5.41, 5.74) is 3.75. The van der Waals surface area contributed by atoms with Crippen LogP contribution in [0.2, 0.25) is 0 Å². The second-order valence-corrected chi connectivity index (χ2v) is 11.9. The number of benzene rings is 3. The second-order valence-electron chi connectivity index (χ2n) is 9.82. The lowest BCUT2D eigenvalue weighted by Gasteiger charge is -2.14.